The van der Waals surface area contributed by atoms with Gasteiger partial charge in [-0.05, 0) is 37.3 Å². The molecule has 0 aliphatic carbocycles. The lowest BCUT2D eigenvalue weighted by atomic mass is 10.3. The number of rotatable bonds is 4. The van der Waals surface area contributed by atoms with Crippen molar-refractivity contribution in [1.82, 2.24) is 24.9 Å². The Bertz CT molecular complexity index is 1190. The van der Waals surface area contributed by atoms with Crippen molar-refractivity contribution in [2.45, 2.75) is 6.92 Å². The Balaban J connectivity index is 1.59. The normalized spacial score (nSPS) is 10.9. The van der Waals surface area contributed by atoms with Gasteiger partial charge in [-0.1, -0.05) is 5.16 Å². The average Bonchev–Trinajstić information content (AvgIpc) is 3.12. The monoisotopic (exact) mass is 360 g/mol. The summed E-state index contributed by atoms with van der Waals surface area (Å²) in [5.41, 5.74) is 3.60. The molecule has 3 N–H and O–H groups in total. The van der Waals surface area contributed by atoms with Gasteiger partial charge in [-0.15, -0.1) is 0 Å². The van der Waals surface area contributed by atoms with Gasteiger partial charge in [0.15, 0.2) is 5.76 Å². The van der Waals surface area contributed by atoms with E-state index in [0.717, 1.165) is 22.4 Å². The van der Waals surface area contributed by atoms with E-state index in [0.29, 0.717) is 11.5 Å². The number of hydrogen-bond acceptors (Lipinski definition) is 8. The molecule has 4 aromatic rings. The van der Waals surface area contributed by atoms with Gasteiger partial charge < -0.3 is 9.84 Å². The highest BCUT2D eigenvalue weighted by atomic mass is 16.5. The summed E-state index contributed by atoms with van der Waals surface area (Å²) in [6, 6.07) is 10.5. The predicted octanol–water partition coefficient (Wildman–Crippen LogP) is 2.21. The summed E-state index contributed by atoms with van der Waals surface area (Å²) in [6.07, 6.45) is 3.38. The van der Waals surface area contributed by atoms with E-state index in [-0.39, 0.29) is 17.9 Å². The second-order valence-electron chi connectivity index (χ2n) is 5.88. The number of fused-ring (bicyclic) bond motifs is 1. The molecule has 27 heavy (non-hydrogen) atoms. The van der Waals surface area contributed by atoms with Crippen LogP contribution in [0.15, 0.2) is 53.3 Å². The lowest BCUT2D eigenvalue weighted by molar-refractivity contribution is 0.425. The Morgan fingerprint density at radius 1 is 1.19 bits per heavy atom. The molecule has 4 aromatic heterocycles. The van der Waals surface area contributed by atoms with Gasteiger partial charge in [0, 0.05) is 18.5 Å². The van der Waals surface area contributed by atoms with Crippen LogP contribution in [-0.2, 0) is 0 Å². The molecule has 0 aliphatic rings. The van der Waals surface area contributed by atoms with Crippen LogP contribution >= 0.6 is 0 Å². The quantitative estimate of drug-likeness (QED) is 0.378. The van der Waals surface area contributed by atoms with Crippen molar-refractivity contribution in [3.05, 3.63) is 60.0 Å². The molecule has 0 aromatic carbocycles. The molecule has 0 fully saturated rings. The zero-order chi connectivity index (χ0) is 18.8. The fourth-order valence-electron chi connectivity index (χ4n) is 2.62. The van der Waals surface area contributed by atoms with Crippen molar-refractivity contribution in [3.8, 4) is 11.5 Å². The van der Waals surface area contributed by atoms with Crippen molar-refractivity contribution in [1.29, 1.82) is 10.8 Å². The zero-order valence-electron chi connectivity index (χ0n) is 14.5. The van der Waals surface area contributed by atoms with Gasteiger partial charge in [-0.25, -0.2) is 0 Å². The standard InChI is InChI=1S/C18H16N8O/c1-11-9-15(27-25-11)12-4-5-16(19)26(24-12)17(20)10-23-14-6-8-21-13-3-2-7-22-18(13)14/h2-9,19-20H,10H2,1H3,(H,21,23). The van der Waals surface area contributed by atoms with Crippen LogP contribution in [0.3, 0.4) is 0 Å². The Morgan fingerprint density at radius 2 is 2.07 bits per heavy atom. The SMILES string of the molecule is Cc1cc(-c2ccc(=N)n(C(=N)CNc3ccnc4cccnc34)n2)on1. The Morgan fingerprint density at radius 3 is 2.89 bits per heavy atom. The Labute approximate surface area is 153 Å². The first-order chi connectivity index (χ1) is 13.1. The fourth-order valence-corrected chi connectivity index (χ4v) is 2.62. The van der Waals surface area contributed by atoms with Gasteiger partial charge >= 0.3 is 0 Å². The number of nitrogens with one attached hydrogen (secondary N) is 3. The van der Waals surface area contributed by atoms with Crippen LogP contribution in [0.4, 0.5) is 5.69 Å². The maximum absolute atomic E-state index is 8.33. The smallest absolute Gasteiger partial charge is 0.187 e. The minimum atomic E-state index is 0.0968. The molecule has 9 nitrogen and oxygen atoms in total. The fraction of sp³-hybridized carbons (Fsp3) is 0.111. The van der Waals surface area contributed by atoms with Crippen LogP contribution in [0.1, 0.15) is 5.69 Å². The second-order valence-corrected chi connectivity index (χ2v) is 5.88. The van der Waals surface area contributed by atoms with Gasteiger partial charge in [0.25, 0.3) is 0 Å². The van der Waals surface area contributed by atoms with E-state index >= 15 is 0 Å². The van der Waals surface area contributed by atoms with Crippen LogP contribution in [-0.4, -0.2) is 37.3 Å². The molecule has 134 valence electrons. The summed E-state index contributed by atoms with van der Waals surface area (Å²) in [6.45, 7) is 1.98. The van der Waals surface area contributed by atoms with Gasteiger partial charge in [0.05, 0.1) is 23.4 Å². The van der Waals surface area contributed by atoms with Crippen LogP contribution in [0.25, 0.3) is 22.5 Å². The van der Waals surface area contributed by atoms with Crippen LogP contribution < -0.4 is 10.8 Å². The third kappa shape index (κ3) is 3.30. The van der Waals surface area contributed by atoms with Crippen molar-refractivity contribution in [3.63, 3.8) is 0 Å². The summed E-state index contributed by atoms with van der Waals surface area (Å²) in [5, 5.41) is 27.7. The first-order valence-electron chi connectivity index (χ1n) is 8.22. The molecule has 0 saturated carbocycles. The van der Waals surface area contributed by atoms with Gasteiger partial charge in [-0.2, -0.15) is 9.78 Å². The minimum Gasteiger partial charge on any atom is -0.376 e. The minimum absolute atomic E-state index is 0.0968. The average molecular weight is 360 g/mol. The summed E-state index contributed by atoms with van der Waals surface area (Å²) >= 11 is 0. The largest absolute Gasteiger partial charge is 0.376 e. The maximum Gasteiger partial charge on any atom is 0.187 e. The molecule has 0 radical (unpaired) electrons. The first-order valence-corrected chi connectivity index (χ1v) is 8.22. The summed E-state index contributed by atoms with van der Waals surface area (Å²) in [7, 11) is 0. The maximum atomic E-state index is 8.33. The van der Waals surface area contributed by atoms with E-state index in [4.69, 9.17) is 15.3 Å². The van der Waals surface area contributed by atoms with E-state index in [1.54, 1.807) is 36.7 Å². The molecule has 0 amide bonds. The highest BCUT2D eigenvalue weighted by Gasteiger charge is 2.10. The number of aromatic nitrogens is 5. The van der Waals surface area contributed by atoms with E-state index < -0.39 is 0 Å². The number of pyridine rings is 2. The predicted molar refractivity (Wildman–Crippen MR) is 99.5 cm³/mol. The number of aryl methyl sites for hydroxylation is 1. The third-order valence-corrected chi connectivity index (χ3v) is 3.91. The molecule has 9 heteroatoms. The van der Waals surface area contributed by atoms with Crippen LogP contribution in [0.2, 0.25) is 0 Å². The highest BCUT2D eigenvalue weighted by Crippen LogP contribution is 2.18. The molecule has 0 atom stereocenters. The Kier molecular flexibility index (Phi) is 4.17. The van der Waals surface area contributed by atoms with Crippen molar-refractivity contribution < 1.29 is 4.52 Å². The summed E-state index contributed by atoms with van der Waals surface area (Å²) in [4.78, 5) is 8.60. The molecule has 0 saturated heterocycles. The van der Waals surface area contributed by atoms with E-state index in [1.165, 1.54) is 4.68 Å². The van der Waals surface area contributed by atoms with Crippen molar-refractivity contribution in [2.75, 3.05) is 11.9 Å². The van der Waals surface area contributed by atoms with E-state index in [2.05, 4.69) is 25.5 Å². The third-order valence-electron chi connectivity index (χ3n) is 3.91. The number of hydrogen-bond donors (Lipinski definition) is 3. The zero-order valence-corrected chi connectivity index (χ0v) is 14.5. The van der Waals surface area contributed by atoms with Crippen molar-refractivity contribution in [2.24, 2.45) is 0 Å². The molecular formula is C18H16N8O. The second kappa shape index (κ2) is 6.79. The van der Waals surface area contributed by atoms with Crippen LogP contribution in [0.5, 0.6) is 0 Å². The van der Waals surface area contributed by atoms with Gasteiger partial charge in [-0.3, -0.25) is 20.8 Å². The first kappa shape index (κ1) is 16.6. The van der Waals surface area contributed by atoms with E-state index in [9.17, 15) is 0 Å². The van der Waals surface area contributed by atoms with E-state index in [1.807, 2.05) is 19.1 Å². The van der Waals surface area contributed by atoms with Gasteiger partial charge in [0.1, 0.15) is 22.5 Å². The number of nitrogens with zero attached hydrogens (tertiary/aromatic N) is 5. The molecular weight excluding hydrogens is 344 g/mol. The lowest BCUT2D eigenvalue weighted by Crippen LogP contribution is -2.33. The molecule has 4 heterocycles. The molecule has 0 spiro atoms. The molecule has 0 bridgehead atoms. The topological polar surface area (TPSA) is 129 Å². The summed E-state index contributed by atoms with van der Waals surface area (Å²) < 4.78 is 6.46. The number of anilines is 1. The van der Waals surface area contributed by atoms with Crippen molar-refractivity contribution >= 4 is 22.6 Å². The molecule has 0 unspecified atom stereocenters. The molecule has 0 aliphatic heterocycles. The van der Waals surface area contributed by atoms with Gasteiger partial charge in [0.2, 0.25) is 0 Å². The lowest BCUT2D eigenvalue weighted by Gasteiger charge is -2.11. The Hall–Kier alpha value is -3.88. The van der Waals surface area contributed by atoms with Crippen LogP contribution in [0, 0.1) is 17.7 Å². The highest BCUT2D eigenvalue weighted by molar-refractivity contribution is 5.90. The molecule has 4 rings (SSSR count). The summed E-state index contributed by atoms with van der Waals surface area (Å²) in [5.74, 6) is 0.602.